The number of carbonyl (C=O) groups excluding carboxylic acids is 1. The molecule has 148 valence electrons. The molecule has 2 aromatic rings. The van der Waals surface area contributed by atoms with Crippen LogP contribution in [0, 0.1) is 0 Å². The number of morpholine rings is 1. The molecule has 9 heteroatoms. The predicted octanol–water partition coefficient (Wildman–Crippen LogP) is 3.67. The largest absolute Gasteiger partial charge is 0.379 e. The van der Waals surface area contributed by atoms with E-state index in [9.17, 15) is 13.2 Å². The summed E-state index contributed by atoms with van der Waals surface area (Å²) in [6.07, 6.45) is 2.85. The van der Waals surface area contributed by atoms with Crippen molar-refractivity contribution in [2.45, 2.75) is 4.90 Å². The second-order valence-electron chi connectivity index (χ2n) is 6.01. The third-order valence-electron chi connectivity index (χ3n) is 4.11. The standard InChI is InChI=1S/C19H18Cl2N2O4S/c20-17-6-1-3-14(19(17)21)7-8-18(24)22-15-4-2-5-16(13-15)28(25,26)23-9-11-27-12-10-23/h1-8,13H,9-12H2,(H,22,24)/b8-7+. The first-order valence-electron chi connectivity index (χ1n) is 8.49. The molecule has 6 nitrogen and oxygen atoms in total. The topological polar surface area (TPSA) is 75.7 Å². The highest BCUT2D eigenvalue weighted by Crippen LogP contribution is 2.26. The van der Waals surface area contributed by atoms with Crippen LogP contribution in [0.5, 0.6) is 0 Å². The predicted molar refractivity (Wildman–Crippen MR) is 110 cm³/mol. The van der Waals surface area contributed by atoms with Gasteiger partial charge in [-0.2, -0.15) is 4.31 Å². The van der Waals surface area contributed by atoms with Gasteiger partial charge >= 0.3 is 0 Å². The van der Waals surface area contributed by atoms with Crippen molar-refractivity contribution in [1.29, 1.82) is 0 Å². The molecule has 3 rings (SSSR count). The summed E-state index contributed by atoms with van der Waals surface area (Å²) in [6, 6.07) is 11.3. The number of nitrogens with zero attached hydrogens (tertiary/aromatic N) is 1. The van der Waals surface area contributed by atoms with E-state index in [-0.39, 0.29) is 4.90 Å². The van der Waals surface area contributed by atoms with Crippen LogP contribution in [-0.4, -0.2) is 44.9 Å². The fraction of sp³-hybridized carbons (Fsp3) is 0.211. The molecular formula is C19H18Cl2N2O4S. The summed E-state index contributed by atoms with van der Waals surface area (Å²) in [7, 11) is -3.63. The van der Waals surface area contributed by atoms with Gasteiger partial charge in [-0.15, -0.1) is 0 Å². The molecule has 0 saturated carbocycles. The van der Waals surface area contributed by atoms with Crippen molar-refractivity contribution in [3.05, 3.63) is 64.1 Å². The number of benzene rings is 2. The van der Waals surface area contributed by atoms with Gasteiger partial charge in [0.25, 0.3) is 0 Å². The zero-order chi connectivity index (χ0) is 20.1. The number of sulfonamides is 1. The summed E-state index contributed by atoms with van der Waals surface area (Å²) in [4.78, 5) is 12.3. The molecule has 1 fully saturated rings. The van der Waals surface area contributed by atoms with Gasteiger partial charge in [-0.1, -0.05) is 41.4 Å². The van der Waals surface area contributed by atoms with E-state index >= 15 is 0 Å². The van der Waals surface area contributed by atoms with Gasteiger partial charge in [0.1, 0.15) is 0 Å². The summed E-state index contributed by atoms with van der Waals surface area (Å²) in [5.41, 5.74) is 0.981. The fourth-order valence-electron chi connectivity index (χ4n) is 2.67. The molecule has 0 aliphatic carbocycles. The Kier molecular flexibility index (Phi) is 6.74. The molecule has 1 amide bonds. The fourth-order valence-corrected chi connectivity index (χ4v) is 4.49. The van der Waals surface area contributed by atoms with Crippen LogP contribution in [0.25, 0.3) is 6.08 Å². The van der Waals surface area contributed by atoms with E-state index in [0.717, 1.165) is 0 Å². The second-order valence-corrected chi connectivity index (χ2v) is 8.73. The first kappa shape index (κ1) is 20.8. The van der Waals surface area contributed by atoms with Gasteiger partial charge in [-0.3, -0.25) is 4.79 Å². The number of nitrogens with one attached hydrogen (secondary N) is 1. The van der Waals surface area contributed by atoms with Crippen molar-refractivity contribution < 1.29 is 17.9 Å². The van der Waals surface area contributed by atoms with Crippen LogP contribution < -0.4 is 5.32 Å². The molecule has 1 saturated heterocycles. The number of hydrogen-bond acceptors (Lipinski definition) is 4. The maximum Gasteiger partial charge on any atom is 0.248 e. The van der Waals surface area contributed by atoms with E-state index in [0.29, 0.717) is 47.6 Å². The lowest BCUT2D eigenvalue weighted by molar-refractivity contribution is -0.111. The molecule has 0 unspecified atom stereocenters. The second kappa shape index (κ2) is 9.07. The smallest absolute Gasteiger partial charge is 0.248 e. The Bertz CT molecular complexity index is 1000. The number of hydrogen-bond donors (Lipinski definition) is 1. The van der Waals surface area contributed by atoms with Crippen molar-refractivity contribution in [1.82, 2.24) is 4.31 Å². The Morgan fingerprint density at radius 2 is 1.82 bits per heavy atom. The summed E-state index contributed by atoms with van der Waals surface area (Å²) in [5, 5.41) is 3.40. The molecule has 1 aliphatic rings. The molecule has 0 radical (unpaired) electrons. The van der Waals surface area contributed by atoms with E-state index in [1.165, 1.54) is 28.6 Å². The van der Waals surface area contributed by atoms with Gasteiger partial charge in [0.2, 0.25) is 15.9 Å². The molecule has 1 N–H and O–H groups in total. The zero-order valence-corrected chi connectivity index (χ0v) is 17.1. The summed E-state index contributed by atoms with van der Waals surface area (Å²) < 4.78 is 32.0. The van der Waals surface area contributed by atoms with Crippen molar-refractivity contribution in [2.75, 3.05) is 31.6 Å². The first-order chi connectivity index (χ1) is 13.4. The summed E-state index contributed by atoms with van der Waals surface area (Å²) in [6.45, 7) is 1.35. The molecule has 0 atom stereocenters. The zero-order valence-electron chi connectivity index (χ0n) is 14.8. The third kappa shape index (κ3) is 4.92. The minimum absolute atomic E-state index is 0.120. The Morgan fingerprint density at radius 3 is 2.57 bits per heavy atom. The number of carbonyl (C=O) groups is 1. The Morgan fingerprint density at radius 1 is 1.11 bits per heavy atom. The van der Waals surface area contributed by atoms with E-state index in [2.05, 4.69) is 5.32 Å². The van der Waals surface area contributed by atoms with Gasteiger partial charge in [0.15, 0.2) is 0 Å². The molecule has 1 aliphatic heterocycles. The average molecular weight is 441 g/mol. The minimum Gasteiger partial charge on any atom is -0.379 e. The number of anilines is 1. The Hall–Kier alpha value is -1.90. The van der Waals surface area contributed by atoms with Gasteiger partial charge in [0, 0.05) is 24.9 Å². The van der Waals surface area contributed by atoms with Crippen LogP contribution in [0.3, 0.4) is 0 Å². The van der Waals surface area contributed by atoms with Crippen molar-refractivity contribution in [3.63, 3.8) is 0 Å². The van der Waals surface area contributed by atoms with E-state index in [1.54, 1.807) is 30.3 Å². The van der Waals surface area contributed by atoms with Crippen LogP contribution >= 0.6 is 23.2 Å². The van der Waals surface area contributed by atoms with Crippen LogP contribution in [0.1, 0.15) is 5.56 Å². The number of halogens is 2. The molecule has 2 aromatic carbocycles. The Labute approximate surface area is 173 Å². The summed E-state index contributed by atoms with van der Waals surface area (Å²) >= 11 is 12.0. The highest BCUT2D eigenvalue weighted by atomic mass is 35.5. The summed E-state index contributed by atoms with van der Waals surface area (Å²) in [5.74, 6) is -0.419. The highest BCUT2D eigenvalue weighted by Gasteiger charge is 2.26. The number of ether oxygens (including phenoxy) is 1. The maximum atomic E-state index is 12.7. The highest BCUT2D eigenvalue weighted by molar-refractivity contribution is 7.89. The molecule has 0 aromatic heterocycles. The average Bonchev–Trinajstić information content (AvgIpc) is 2.70. The molecular weight excluding hydrogens is 423 g/mol. The van der Waals surface area contributed by atoms with Gasteiger partial charge in [-0.25, -0.2) is 8.42 Å². The van der Waals surface area contributed by atoms with Crippen molar-refractivity contribution in [2.24, 2.45) is 0 Å². The van der Waals surface area contributed by atoms with Gasteiger partial charge in [-0.05, 0) is 35.9 Å². The van der Waals surface area contributed by atoms with Crippen molar-refractivity contribution >= 4 is 50.9 Å². The van der Waals surface area contributed by atoms with Crippen LogP contribution in [0.2, 0.25) is 10.0 Å². The molecule has 1 heterocycles. The lowest BCUT2D eigenvalue weighted by atomic mass is 10.2. The third-order valence-corrected chi connectivity index (χ3v) is 6.83. The Balaban J connectivity index is 1.73. The minimum atomic E-state index is -3.63. The molecule has 28 heavy (non-hydrogen) atoms. The van der Waals surface area contributed by atoms with Crippen molar-refractivity contribution in [3.8, 4) is 0 Å². The van der Waals surface area contributed by atoms with E-state index in [4.69, 9.17) is 27.9 Å². The monoisotopic (exact) mass is 440 g/mol. The normalized spacial score (nSPS) is 15.6. The molecule has 0 spiro atoms. The number of rotatable bonds is 5. The lowest BCUT2D eigenvalue weighted by Gasteiger charge is -2.26. The van der Waals surface area contributed by atoms with Crippen LogP contribution in [0.15, 0.2) is 53.4 Å². The first-order valence-corrected chi connectivity index (χ1v) is 10.7. The SMILES string of the molecule is O=C(/C=C/c1cccc(Cl)c1Cl)Nc1cccc(S(=O)(=O)N2CCOCC2)c1. The lowest BCUT2D eigenvalue weighted by Crippen LogP contribution is -2.40. The van der Waals surface area contributed by atoms with Gasteiger partial charge < -0.3 is 10.1 Å². The number of amides is 1. The quantitative estimate of drug-likeness (QED) is 0.719. The van der Waals surface area contributed by atoms with E-state index in [1.807, 2.05) is 0 Å². The van der Waals surface area contributed by atoms with Gasteiger partial charge in [0.05, 0.1) is 28.2 Å². The van der Waals surface area contributed by atoms with E-state index < -0.39 is 15.9 Å². The molecule has 0 bridgehead atoms. The van der Waals surface area contributed by atoms with Crippen LogP contribution in [-0.2, 0) is 19.6 Å². The maximum absolute atomic E-state index is 12.7. The van der Waals surface area contributed by atoms with Crippen LogP contribution in [0.4, 0.5) is 5.69 Å².